The molecule has 70 valence electrons. The molecule has 0 unspecified atom stereocenters. The van der Waals surface area contributed by atoms with E-state index in [4.69, 9.17) is 4.74 Å². The van der Waals surface area contributed by atoms with Gasteiger partial charge in [-0.15, -0.1) is 0 Å². The van der Waals surface area contributed by atoms with E-state index in [-0.39, 0.29) is 5.76 Å². The highest BCUT2D eigenvalue weighted by atomic mass is 19.1. The van der Waals surface area contributed by atoms with Gasteiger partial charge >= 0.3 is 0 Å². The van der Waals surface area contributed by atoms with Crippen LogP contribution in [-0.4, -0.2) is 6.61 Å². The van der Waals surface area contributed by atoms with Gasteiger partial charge in [-0.05, 0) is 19.1 Å². The molecule has 0 bridgehead atoms. The minimum Gasteiger partial charge on any atom is -0.491 e. The summed E-state index contributed by atoms with van der Waals surface area (Å²) in [7, 11) is 0. The minimum absolute atomic E-state index is 0.150. The molecule has 0 aliphatic carbocycles. The molecule has 0 rings (SSSR count). The van der Waals surface area contributed by atoms with Crippen molar-refractivity contribution < 1.29 is 9.13 Å². The van der Waals surface area contributed by atoms with Gasteiger partial charge in [-0.25, -0.2) is 4.39 Å². The number of ether oxygens (including phenoxy) is 1. The normalized spacial score (nSPS) is 10.3. The van der Waals surface area contributed by atoms with Crippen LogP contribution < -0.4 is 0 Å². The van der Waals surface area contributed by atoms with Crippen LogP contribution in [0.5, 0.6) is 0 Å². The van der Waals surface area contributed by atoms with Crippen molar-refractivity contribution in [1.29, 1.82) is 0 Å². The first-order valence-electron chi connectivity index (χ1n) is 4.03. The van der Waals surface area contributed by atoms with Crippen LogP contribution in [0, 0.1) is 0 Å². The average Bonchev–Trinajstić information content (AvgIpc) is 2.16. The molecule has 0 aromatic rings. The standard InChI is InChI=1S/C8H11FO.C2H6/c1-4-7(9)8(5-2)10-6-3;1-2/h4-5H,1-2,6H2,3H3;1-2H3/b8-7-;. The molecule has 12 heavy (non-hydrogen) atoms. The molecule has 0 amide bonds. The van der Waals surface area contributed by atoms with Crippen molar-refractivity contribution in [3.63, 3.8) is 0 Å². The molecular formula is C10H17FO. The summed E-state index contributed by atoms with van der Waals surface area (Å²) in [4.78, 5) is 0. The first kappa shape index (κ1) is 13.5. The van der Waals surface area contributed by atoms with Crippen molar-refractivity contribution in [1.82, 2.24) is 0 Å². The number of rotatable bonds is 4. The Balaban J connectivity index is 0. The zero-order valence-corrected chi connectivity index (χ0v) is 8.06. The second kappa shape index (κ2) is 9.95. The van der Waals surface area contributed by atoms with E-state index in [1.54, 1.807) is 6.92 Å². The lowest BCUT2D eigenvalue weighted by molar-refractivity contribution is 0.233. The van der Waals surface area contributed by atoms with E-state index in [0.717, 1.165) is 6.08 Å². The van der Waals surface area contributed by atoms with Crippen molar-refractivity contribution in [3.8, 4) is 0 Å². The van der Waals surface area contributed by atoms with Crippen molar-refractivity contribution >= 4 is 0 Å². The summed E-state index contributed by atoms with van der Waals surface area (Å²) in [6, 6.07) is 0. The number of allylic oxidation sites excluding steroid dienone is 3. The third kappa shape index (κ3) is 5.71. The van der Waals surface area contributed by atoms with Gasteiger partial charge in [0.25, 0.3) is 0 Å². The zero-order valence-electron chi connectivity index (χ0n) is 8.06. The van der Waals surface area contributed by atoms with Gasteiger partial charge in [-0.2, -0.15) is 0 Å². The fourth-order valence-electron chi connectivity index (χ4n) is 0.481. The number of hydrogen-bond acceptors (Lipinski definition) is 1. The van der Waals surface area contributed by atoms with Gasteiger partial charge in [-0.3, -0.25) is 0 Å². The fourth-order valence-corrected chi connectivity index (χ4v) is 0.481. The Hall–Kier alpha value is -1.05. The molecule has 0 saturated carbocycles. The van der Waals surface area contributed by atoms with E-state index in [9.17, 15) is 4.39 Å². The van der Waals surface area contributed by atoms with Crippen molar-refractivity contribution in [3.05, 3.63) is 36.9 Å². The molecule has 0 aromatic carbocycles. The van der Waals surface area contributed by atoms with Crippen LogP contribution in [0.25, 0.3) is 0 Å². The lowest BCUT2D eigenvalue weighted by Gasteiger charge is -2.01. The maximum absolute atomic E-state index is 12.5. The summed E-state index contributed by atoms with van der Waals surface area (Å²) >= 11 is 0. The van der Waals surface area contributed by atoms with Gasteiger partial charge in [0.05, 0.1) is 6.61 Å². The van der Waals surface area contributed by atoms with Crippen LogP contribution in [0.4, 0.5) is 4.39 Å². The average molecular weight is 172 g/mol. The molecule has 0 aliphatic heterocycles. The Kier molecular flexibility index (Phi) is 11.2. The van der Waals surface area contributed by atoms with Gasteiger partial charge < -0.3 is 4.74 Å². The van der Waals surface area contributed by atoms with Gasteiger partial charge in [0.2, 0.25) is 0 Å². The smallest absolute Gasteiger partial charge is 0.164 e. The van der Waals surface area contributed by atoms with E-state index in [2.05, 4.69) is 13.2 Å². The monoisotopic (exact) mass is 172 g/mol. The Labute approximate surface area is 74.2 Å². The molecule has 0 radical (unpaired) electrons. The summed E-state index contributed by atoms with van der Waals surface area (Å²) in [6.07, 6.45) is 2.41. The second-order valence-corrected chi connectivity index (χ2v) is 1.55. The maximum atomic E-state index is 12.5. The summed E-state index contributed by atoms with van der Waals surface area (Å²) in [6.45, 7) is 12.8. The zero-order chi connectivity index (χ0) is 9.98. The first-order valence-corrected chi connectivity index (χ1v) is 4.03. The predicted molar refractivity (Wildman–Crippen MR) is 51.5 cm³/mol. The molecule has 2 heteroatoms. The van der Waals surface area contributed by atoms with Gasteiger partial charge in [0.1, 0.15) is 0 Å². The lowest BCUT2D eigenvalue weighted by Crippen LogP contribution is -1.89. The Morgan fingerprint density at radius 2 is 1.83 bits per heavy atom. The van der Waals surface area contributed by atoms with Gasteiger partial charge in [-0.1, -0.05) is 27.0 Å². The number of halogens is 1. The van der Waals surface area contributed by atoms with Crippen LogP contribution in [0.1, 0.15) is 20.8 Å². The molecule has 0 spiro atoms. The van der Waals surface area contributed by atoms with Crippen LogP contribution in [-0.2, 0) is 4.74 Å². The summed E-state index contributed by atoms with van der Waals surface area (Å²) in [5.74, 6) is -0.325. The Morgan fingerprint density at radius 3 is 2.08 bits per heavy atom. The highest BCUT2D eigenvalue weighted by Crippen LogP contribution is 2.08. The highest BCUT2D eigenvalue weighted by Gasteiger charge is 1.97. The van der Waals surface area contributed by atoms with Crippen LogP contribution in [0.3, 0.4) is 0 Å². The van der Waals surface area contributed by atoms with E-state index < -0.39 is 5.83 Å². The van der Waals surface area contributed by atoms with Crippen molar-refractivity contribution in [2.24, 2.45) is 0 Å². The Morgan fingerprint density at radius 1 is 1.33 bits per heavy atom. The highest BCUT2D eigenvalue weighted by molar-refractivity contribution is 5.20. The van der Waals surface area contributed by atoms with E-state index in [0.29, 0.717) is 6.61 Å². The Bertz CT molecular complexity index is 159. The topological polar surface area (TPSA) is 9.23 Å². The molecular weight excluding hydrogens is 155 g/mol. The molecule has 1 nitrogen and oxygen atoms in total. The van der Waals surface area contributed by atoms with Crippen LogP contribution in [0.2, 0.25) is 0 Å². The fraction of sp³-hybridized carbons (Fsp3) is 0.400. The predicted octanol–water partition coefficient (Wildman–Crippen LogP) is 3.60. The number of hydrogen-bond donors (Lipinski definition) is 0. The largest absolute Gasteiger partial charge is 0.491 e. The third-order valence-electron chi connectivity index (χ3n) is 0.900. The van der Waals surface area contributed by atoms with E-state index in [1.165, 1.54) is 6.08 Å². The minimum atomic E-state index is -0.475. The summed E-state index contributed by atoms with van der Waals surface area (Å²) < 4.78 is 17.4. The first-order chi connectivity index (χ1) is 5.76. The SMILES string of the molecule is C=C/C(F)=C(\C=C)OCC.CC. The molecule has 0 fully saturated rings. The third-order valence-corrected chi connectivity index (χ3v) is 0.900. The molecule has 0 saturated heterocycles. The van der Waals surface area contributed by atoms with Crippen molar-refractivity contribution in [2.45, 2.75) is 20.8 Å². The van der Waals surface area contributed by atoms with Gasteiger partial charge in [0.15, 0.2) is 11.6 Å². The molecule has 0 aromatic heterocycles. The summed E-state index contributed by atoms with van der Waals surface area (Å²) in [5, 5.41) is 0. The van der Waals surface area contributed by atoms with E-state index in [1.807, 2.05) is 13.8 Å². The summed E-state index contributed by atoms with van der Waals surface area (Å²) in [5.41, 5.74) is 0. The van der Waals surface area contributed by atoms with Gasteiger partial charge in [0, 0.05) is 0 Å². The van der Waals surface area contributed by atoms with Crippen LogP contribution >= 0.6 is 0 Å². The van der Waals surface area contributed by atoms with Crippen LogP contribution in [0.15, 0.2) is 36.9 Å². The quantitative estimate of drug-likeness (QED) is 0.465. The van der Waals surface area contributed by atoms with Crippen molar-refractivity contribution in [2.75, 3.05) is 6.61 Å². The molecule has 0 aliphatic rings. The second-order valence-electron chi connectivity index (χ2n) is 1.55. The molecule has 0 N–H and O–H groups in total. The molecule has 0 atom stereocenters. The van der Waals surface area contributed by atoms with E-state index >= 15 is 0 Å². The lowest BCUT2D eigenvalue weighted by atomic mass is 10.4. The maximum Gasteiger partial charge on any atom is 0.164 e. The molecule has 0 heterocycles.